The third-order valence-electron chi connectivity index (χ3n) is 2.96. The number of hydrogen-bond acceptors (Lipinski definition) is 2. The Bertz CT molecular complexity index is 356. The lowest BCUT2D eigenvalue weighted by atomic mass is 10.1. The summed E-state index contributed by atoms with van der Waals surface area (Å²) in [5.74, 6) is 1.76. The third-order valence-corrected chi connectivity index (χ3v) is 2.96. The van der Waals surface area contributed by atoms with Gasteiger partial charge in [0.2, 0.25) is 0 Å². The first-order valence-corrected chi connectivity index (χ1v) is 6.17. The van der Waals surface area contributed by atoms with Gasteiger partial charge in [-0.25, -0.2) is 9.59 Å². The third kappa shape index (κ3) is 4.28. The SMILES string of the molecule is C#CCN(CC1CC1)C(=O)N[C@@H](C(=O)O)C(C)C. The van der Waals surface area contributed by atoms with Crippen molar-refractivity contribution in [1.29, 1.82) is 0 Å². The molecule has 0 heterocycles. The number of carboxylic acids is 1. The standard InChI is InChI=1S/C13H20N2O3/c1-4-7-15(8-10-5-6-10)13(18)14-11(9(2)3)12(16)17/h1,9-11H,5-8H2,2-3H3,(H,14,18)(H,16,17)/t11-/m1/s1. The maximum Gasteiger partial charge on any atom is 0.326 e. The van der Waals surface area contributed by atoms with Crippen LogP contribution in [0.1, 0.15) is 26.7 Å². The number of urea groups is 1. The highest BCUT2D eigenvalue weighted by Gasteiger charge is 2.29. The summed E-state index contributed by atoms with van der Waals surface area (Å²) < 4.78 is 0. The second-order valence-electron chi connectivity index (χ2n) is 5.04. The molecule has 1 atom stereocenters. The van der Waals surface area contributed by atoms with Gasteiger partial charge in [0.05, 0.1) is 6.54 Å². The lowest BCUT2D eigenvalue weighted by Crippen LogP contribution is -2.50. The quantitative estimate of drug-likeness (QED) is 0.697. The molecule has 0 spiro atoms. The van der Waals surface area contributed by atoms with E-state index in [1.807, 2.05) is 0 Å². The molecular weight excluding hydrogens is 232 g/mol. The van der Waals surface area contributed by atoms with E-state index < -0.39 is 12.0 Å². The number of aliphatic carboxylic acids is 1. The molecule has 0 unspecified atom stereocenters. The van der Waals surface area contributed by atoms with E-state index >= 15 is 0 Å². The number of amides is 2. The predicted octanol–water partition coefficient (Wildman–Crippen LogP) is 1.15. The van der Waals surface area contributed by atoms with E-state index in [9.17, 15) is 9.59 Å². The molecule has 5 nitrogen and oxygen atoms in total. The molecule has 2 N–H and O–H groups in total. The van der Waals surface area contributed by atoms with E-state index in [0.717, 1.165) is 12.8 Å². The fourth-order valence-corrected chi connectivity index (χ4v) is 1.68. The minimum atomic E-state index is -1.02. The van der Waals surface area contributed by atoms with Gasteiger partial charge in [0, 0.05) is 6.54 Å². The second-order valence-corrected chi connectivity index (χ2v) is 5.04. The summed E-state index contributed by atoms with van der Waals surface area (Å²) in [5.41, 5.74) is 0. The summed E-state index contributed by atoms with van der Waals surface area (Å²) in [6.07, 6.45) is 7.45. The summed E-state index contributed by atoms with van der Waals surface area (Å²) in [4.78, 5) is 24.5. The van der Waals surface area contributed by atoms with Crippen molar-refractivity contribution in [2.45, 2.75) is 32.7 Å². The van der Waals surface area contributed by atoms with Gasteiger partial charge < -0.3 is 15.3 Å². The fraction of sp³-hybridized carbons (Fsp3) is 0.692. The van der Waals surface area contributed by atoms with Crippen molar-refractivity contribution in [1.82, 2.24) is 10.2 Å². The summed E-state index contributed by atoms with van der Waals surface area (Å²) in [5, 5.41) is 11.6. The van der Waals surface area contributed by atoms with Crippen LogP contribution in [-0.2, 0) is 4.79 Å². The fourth-order valence-electron chi connectivity index (χ4n) is 1.68. The molecule has 2 amide bonds. The highest BCUT2D eigenvalue weighted by atomic mass is 16.4. The van der Waals surface area contributed by atoms with Gasteiger partial charge in [-0.2, -0.15) is 0 Å². The first-order chi connectivity index (χ1) is 8.45. The van der Waals surface area contributed by atoms with Crippen molar-refractivity contribution >= 4 is 12.0 Å². The van der Waals surface area contributed by atoms with Crippen LogP contribution in [0.25, 0.3) is 0 Å². The van der Waals surface area contributed by atoms with Crippen LogP contribution in [0.15, 0.2) is 0 Å². The largest absolute Gasteiger partial charge is 0.480 e. The monoisotopic (exact) mass is 252 g/mol. The number of nitrogens with zero attached hydrogens (tertiary/aromatic N) is 1. The molecule has 0 saturated heterocycles. The van der Waals surface area contributed by atoms with Crippen LogP contribution in [0.2, 0.25) is 0 Å². The topological polar surface area (TPSA) is 69.6 Å². The van der Waals surface area contributed by atoms with Crippen LogP contribution in [0.4, 0.5) is 4.79 Å². The Labute approximate surface area is 108 Å². The van der Waals surface area contributed by atoms with Gasteiger partial charge >= 0.3 is 12.0 Å². The van der Waals surface area contributed by atoms with Crippen molar-refractivity contribution < 1.29 is 14.7 Å². The molecule has 0 radical (unpaired) electrons. The van der Waals surface area contributed by atoms with E-state index in [-0.39, 0.29) is 18.5 Å². The lowest BCUT2D eigenvalue weighted by molar-refractivity contribution is -0.140. The number of carboxylic acid groups (broad SMARTS) is 1. The number of terminal acetylenes is 1. The minimum absolute atomic E-state index is 0.167. The molecule has 0 aromatic carbocycles. The number of carbonyl (C=O) groups excluding carboxylic acids is 1. The molecule has 1 saturated carbocycles. The van der Waals surface area contributed by atoms with Gasteiger partial charge in [-0.15, -0.1) is 6.42 Å². The lowest BCUT2D eigenvalue weighted by Gasteiger charge is -2.25. The van der Waals surface area contributed by atoms with E-state index in [2.05, 4.69) is 11.2 Å². The van der Waals surface area contributed by atoms with Gasteiger partial charge in [-0.05, 0) is 24.7 Å². The average Bonchev–Trinajstić information content (AvgIpc) is 3.07. The van der Waals surface area contributed by atoms with Crippen LogP contribution in [0.3, 0.4) is 0 Å². The van der Waals surface area contributed by atoms with E-state index in [0.29, 0.717) is 12.5 Å². The molecule has 5 heteroatoms. The molecule has 1 fully saturated rings. The Morgan fingerprint density at radius 2 is 2.11 bits per heavy atom. The maximum absolute atomic E-state index is 12.0. The van der Waals surface area contributed by atoms with Gasteiger partial charge in [0.1, 0.15) is 6.04 Å². The molecule has 100 valence electrons. The van der Waals surface area contributed by atoms with E-state index in [4.69, 9.17) is 11.5 Å². The Morgan fingerprint density at radius 3 is 2.50 bits per heavy atom. The summed E-state index contributed by atoms with van der Waals surface area (Å²) in [6.45, 7) is 4.34. The molecular formula is C13H20N2O3. The van der Waals surface area contributed by atoms with Crippen molar-refractivity contribution in [2.75, 3.05) is 13.1 Å². The van der Waals surface area contributed by atoms with Crippen LogP contribution < -0.4 is 5.32 Å². The summed E-state index contributed by atoms with van der Waals surface area (Å²) in [7, 11) is 0. The molecule has 0 aromatic rings. The minimum Gasteiger partial charge on any atom is -0.480 e. The molecule has 1 rings (SSSR count). The zero-order chi connectivity index (χ0) is 13.7. The smallest absolute Gasteiger partial charge is 0.326 e. The predicted molar refractivity (Wildman–Crippen MR) is 67.9 cm³/mol. The van der Waals surface area contributed by atoms with E-state index in [1.165, 1.54) is 4.90 Å². The number of rotatable bonds is 6. The summed E-state index contributed by atoms with van der Waals surface area (Å²) in [6, 6.07) is -1.27. The molecule has 0 bridgehead atoms. The van der Waals surface area contributed by atoms with Crippen LogP contribution in [-0.4, -0.2) is 41.1 Å². The van der Waals surface area contributed by atoms with Crippen molar-refractivity contribution in [2.24, 2.45) is 11.8 Å². The van der Waals surface area contributed by atoms with Gasteiger partial charge in [-0.1, -0.05) is 19.8 Å². The number of nitrogens with one attached hydrogen (secondary N) is 1. The highest BCUT2D eigenvalue weighted by Crippen LogP contribution is 2.29. The Kier molecular flexibility index (Phi) is 5.02. The van der Waals surface area contributed by atoms with Crippen molar-refractivity contribution in [3.8, 4) is 12.3 Å². The van der Waals surface area contributed by atoms with Crippen molar-refractivity contribution in [3.05, 3.63) is 0 Å². The van der Waals surface area contributed by atoms with Crippen LogP contribution >= 0.6 is 0 Å². The normalized spacial score (nSPS) is 15.9. The average molecular weight is 252 g/mol. The molecule has 18 heavy (non-hydrogen) atoms. The maximum atomic E-state index is 12.0. The number of carbonyl (C=O) groups is 2. The molecule has 1 aliphatic carbocycles. The van der Waals surface area contributed by atoms with Gasteiger partial charge in [-0.3, -0.25) is 0 Å². The molecule has 1 aliphatic rings. The van der Waals surface area contributed by atoms with Crippen molar-refractivity contribution in [3.63, 3.8) is 0 Å². The molecule has 0 aromatic heterocycles. The zero-order valence-electron chi connectivity index (χ0n) is 10.8. The van der Waals surface area contributed by atoms with Crippen LogP contribution in [0, 0.1) is 24.2 Å². The first kappa shape index (κ1) is 14.4. The van der Waals surface area contributed by atoms with Gasteiger partial charge in [0.15, 0.2) is 0 Å². The van der Waals surface area contributed by atoms with Crippen LogP contribution in [0.5, 0.6) is 0 Å². The summed E-state index contributed by atoms with van der Waals surface area (Å²) >= 11 is 0. The van der Waals surface area contributed by atoms with E-state index in [1.54, 1.807) is 13.8 Å². The highest BCUT2D eigenvalue weighted by molar-refractivity contribution is 5.82. The Balaban J connectivity index is 2.58. The number of hydrogen-bond donors (Lipinski definition) is 2. The van der Waals surface area contributed by atoms with Gasteiger partial charge in [0.25, 0.3) is 0 Å². The second kappa shape index (κ2) is 6.29. The zero-order valence-corrected chi connectivity index (χ0v) is 10.8. The Hall–Kier alpha value is -1.70. The Morgan fingerprint density at radius 1 is 1.50 bits per heavy atom. The first-order valence-electron chi connectivity index (χ1n) is 6.17. The molecule has 0 aliphatic heterocycles.